The highest BCUT2D eigenvalue weighted by atomic mass is 19.3. The number of rotatable bonds is 12. The van der Waals surface area contributed by atoms with Crippen molar-refractivity contribution in [3.05, 3.63) is 53.0 Å². The lowest BCUT2D eigenvalue weighted by atomic mass is 9.97. The molecule has 1 aromatic carbocycles. The van der Waals surface area contributed by atoms with Crippen LogP contribution in [0.2, 0.25) is 0 Å². The fraction of sp³-hybridized carbons (Fsp3) is 0.600. The minimum Gasteiger partial charge on any atom is -0.491 e. The molecule has 0 bridgehead atoms. The highest BCUT2D eigenvalue weighted by molar-refractivity contribution is 5.77. The van der Waals surface area contributed by atoms with Gasteiger partial charge in [-0.2, -0.15) is 0 Å². The Morgan fingerprint density at radius 1 is 1.20 bits per heavy atom. The number of ether oxygens (including phenoxy) is 2. The SMILES string of the molecule is O=C(O)C(c1cc(F)ccc1OC[C@@H]1CCCO1)N1CCC[C@@H]1C(F)(F)CCCCc1ccc2c(n1)NCCC2. The zero-order valence-corrected chi connectivity index (χ0v) is 22.7. The highest BCUT2D eigenvalue weighted by Gasteiger charge is 2.49. The molecule has 7 nitrogen and oxygen atoms in total. The quantitative estimate of drug-likeness (QED) is 0.318. The number of anilines is 1. The van der Waals surface area contributed by atoms with E-state index in [9.17, 15) is 14.3 Å². The van der Waals surface area contributed by atoms with Gasteiger partial charge >= 0.3 is 5.97 Å². The van der Waals surface area contributed by atoms with Crippen LogP contribution in [0.4, 0.5) is 19.0 Å². The van der Waals surface area contributed by atoms with E-state index in [0.717, 1.165) is 49.8 Å². The van der Waals surface area contributed by atoms with Gasteiger partial charge in [0, 0.05) is 30.8 Å². The van der Waals surface area contributed by atoms with Crippen LogP contribution in [0.15, 0.2) is 30.3 Å². The summed E-state index contributed by atoms with van der Waals surface area (Å²) in [7, 11) is 0. The Morgan fingerprint density at radius 2 is 2.08 bits per heavy atom. The van der Waals surface area contributed by atoms with E-state index in [-0.39, 0.29) is 49.8 Å². The molecule has 10 heteroatoms. The molecular weight excluding hydrogens is 523 g/mol. The van der Waals surface area contributed by atoms with Gasteiger partial charge in [0.05, 0.1) is 12.1 Å². The number of aliphatic carboxylic acids is 1. The van der Waals surface area contributed by atoms with Crippen LogP contribution < -0.4 is 10.1 Å². The van der Waals surface area contributed by atoms with Crippen LogP contribution >= 0.6 is 0 Å². The number of hydrogen-bond donors (Lipinski definition) is 2. The van der Waals surface area contributed by atoms with E-state index >= 15 is 8.78 Å². The summed E-state index contributed by atoms with van der Waals surface area (Å²) in [6.45, 7) is 1.90. The van der Waals surface area contributed by atoms with Crippen molar-refractivity contribution >= 4 is 11.8 Å². The average molecular weight is 562 g/mol. The van der Waals surface area contributed by atoms with Gasteiger partial charge in [0.1, 0.15) is 30.0 Å². The molecular formula is C30H38F3N3O4. The van der Waals surface area contributed by atoms with Crippen LogP contribution in [-0.4, -0.2) is 65.3 Å². The van der Waals surface area contributed by atoms with Gasteiger partial charge in [-0.1, -0.05) is 6.07 Å². The van der Waals surface area contributed by atoms with E-state index in [1.54, 1.807) is 0 Å². The first-order valence-electron chi connectivity index (χ1n) is 14.4. The first kappa shape index (κ1) is 28.7. The summed E-state index contributed by atoms with van der Waals surface area (Å²) >= 11 is 0. The Morgan fingerprint density at radius 3 is 2.88 bits per heavy atom. The van der Waals surface area contributed by atoms with Crippen molar-refractivity contribution in [3.63, 3.8) is 0 Å². The van der Waals surface area contributed by atoms with Crippen LogP contribution in [0.1, 0.15) is 74.2 Å². The Hall–Kier alpha value is -2.85. The predicted molar refractivity (Wildman–Crippen MR) is 145 cm³/mol. The molecule has 0 radical (unpaired) electrons. The molecule has 2 aromatic rings. The molecule has 2 N–H and O–H groups in total. The lowest BCUT2D eigenvalue weighted by molar-refractivity contribution is -0.148. The van der Waals surface area contributed by atoms with Gasteiger partial charge in [0.25, 0.3) is 5.92 Å². The molecule has 2 fully saturated rings. The molecule has 4 heterocycles. The second-order valence-corrected chi connectivity index (χ2v) is 11.1. The topological polar surface area (TPSA) is 83.9 Å². The molecule has 1 aromatic heterocycles. The van der Waals surface area contributed by atoms with Gasteiger partial charge in [-0.3, -0.25) is 9.69 Å². The molecule has 218 valence electrons. The van der Waals surface area contributed by atoms with Crippen LogP contribution in [0.5, 0.6) is 5.75 Å². The minimum absolute atomic E-state index is 0.0558. The van der Waals surface area contributed by atoms with Crippen molar-refractivity contribution in [2.75, 3.05) is 31.6 Å². The molecule has 40 heavy (non-hydrogen) atoms. The third-order valence-corrected chi connectivity index (χ3v) is 8.21. The van der Waals surface area contributed by atoms with E-state index in [4.69, 9.17) is 9.47 Å². The number of benzene rings is 1. The van der Waals surface area contributed by atoms with E-state index in [0.29, 0.717) is 25.9 Å². The summed E-state index contributed by atoms with van der Waals surface area (Å²) in [6, 6.07) is 5.00. The van der Waals surface area contributed by atoms with Gasteiger partial charge in [-0.05, 0) is 94.2 Å². The number of unbranched alkanes of at least 4 members (excludes halogenated alkanes) is 1. The van der Waals surface area contributed by atoms with Crippen LogP contribution in [0.25, 0.3) is 0 Å². The smallest absolute Gasteiger partial charge is 0.325 e. The Bertz CT molecular complexity index is 1170. The molecule has 2 saturated heterocycles. The maximum Gasteiger partial charge on any atom is 0.325 e. The number of likely N-dealkylation sites (tertiary alicyclic amines) is 1. The lowest BCUT2D eigenvalue weighted by Gasteiger charge is -2.36. The summed E-state index contributed by atoms with van der Waals surface area (Å²) in [6.07, 6.45) is 5.39. The summed E-state index contributed by atoms with van der Waals surface area (Å²) in [5.74, 6) is -3.96. The molecule has 3 aliphatic heterocycles. The highest BCUT2D eigenvalue weighted by Crippen LogP contribution is 2.42. The van der Waals surface area contributed by atoms with Gasteiger partial charge in [0.15, 0.2) is 0 Å². The second-order valence-electron chi connectivity index (χ2n) is 11.1. The number of nitrogens with zero attached hydrogens (tertiary/aromatic N) is 2. The van der Waals surface area contributed by atoms with E-state index in [1.165, 1.54) is 22.6 Å². The van der Waals surface area contributed by atoms with Crippen molar-refractivity contribution in [2.45, 2.75) is 88.3 Å². The number of pyridine rings is 1. The molecule has 0 saturated carbocycles. The van der Waals surface area contributed by atoms with Crippen molar-refractivity contribution in [1.29, 1.82) is 0 Å². The van der Waals surface area contributed by atoms with Gasteiger partial charge in [-0.25, -0.2) is 18.2 Å². The van der Waals surface area contributed by atoms with E-state index < -0.39 is 29.8 Å². The summed E-state index contributed by atoms with van der Waals surface area (Å²) in [4.78, 5) is 18.5. The number of carboxylic acid groups (broad SMARTS) is 1. The minimum atomic E-state index is -3.10. The van der Waals surface area contributed by atoms with Gasteiger partial charge in [0.2, 0.25) is 0 Å². The molecule has 0 spiro atoms. The lowest BCUT2D eigenvalue weighted by Crippen LogP contribution is -2.47. The number of aromatic nitrogens is 1. The number of aryl methyl sites for hydroxylation is 2. The largest absolute Gasteiger partial charge is 0.491 e. The standard InChI is InChI=1S/C30H38F3N3O4/c31-21-11-13-25(40-19-23-8-5-17-39-23)24(18-21)27(29(37)38)36-16-4-9-26(36)30(32,33)14-2-1-7-22-12-10-20-6-3-15-34-28(20)35-22/h10-13,18,23,26-27H,1-9,14-17,19H2,(H,34,35)(H,37,38)/t23-,26+,27?/m0/s1. The first-order chi connectivity index (χ1) is 19.3. The summed E-state index contributed by atoms with van der Waals surface area (Å²) in [5, 5.41) is 13.5. The van der Waals surface area contributed by atoms with Crippen LogP contribution in [-0.2, 0) is 22.4 Å². The third-order valence-electron chi connectivity index (χ3n) is 8.21. The summed E-state index contributed by atoms with van der Waals surface area (Å²) in [5.41, 5.74) is 2.13. The summed E-state index contributed by atoms with van der Waals surface area (Å²) < 4.78 is 57.0. The predicted octanol–water partition coefficient (Wildman–Crippen LogP) is 5.78. The normalized spacial score (nSPS) is 22.1. The first-order valence-corrected chi connectivity index (χ1v) is 14.4. The number of carbonyl (C=O) groups is 1. The third kappa shape index (κ3) is 6.71. The number of halogens is 3. The van der Waals surface area contributed by atoms with Crippen molar-refractivity contribution < 1.29 is 32.5 Å². The fourth-order valence-corrected chi connectivity index (χ4v) is 6.17. The number of hydrogen-bond acceptors (Lipinski definition) is 6. The number of fused-ring (bicyclic) bond motifs is 1. The van der Waals surface area contributed by atoms with E-state index in [2.05, 4.69) is 16.4 Å². The number of carboxylic acids is 1. The monoisotopic (exact) mass is 561 g/mol. The van der Waals surface area contributed by atoms with Crippen molar-refractivity contribution in [2.24, 2.45) is 0 Å². The van der Waals surface area contributed by atoms with Crippen molar-refractivity contribution in [1.82, 2.24) is 9.88 Å². The average Bonchev–Trinajstić information content (AvgIpc) is 3.64. The fourth-order valence-electron chi connectivity index (χ4n) is 6.17. The van der Waals surface area contributed by atoms with Crippen LogP contribution in [0.3, 0.4) is 0 Å². The van der Waals surface area contributed by atoms with Crippen molar-refractivity contribution in [3.8, 4) is 5.75 Å². The maximum absolute atomic E-state index is 15.6. The zero-order valence-electron chi connectivity index (χ0n) is 22.7. The Kier molecular flexibility index (Phi) is 9.15. The maximum atomic E-state index is 15.6. The number of nitrogens with one attached hydrogen (secondary N) is 1. The molecule has 3 atom stereocenters. The molecule has 0 amide bonds. The Balaban J connectivity index is 1.24. The Labute approximate surface area is 233 Å². The van der Waals surface area contributed by atoms with Gasteiger partial charge < -0.3 is 19.9 Å². The number of alkyl halides is 2. The molecule has 5 rings (SSSR count). The zero-order chi connectivity index (χ0) is 28.1. The second kappa shape index (κ2) is 12.8. The van der Waals surface area contributed by atoms with Gasteiger partial charge in [-0.15, -0.1) is 0 Å². The molecule has 3 aliphatic rings. The molecule has 0 aliphatic carbocycles. The van der Waals surface area contributed by atoms with E-state index in [1.807, 2.05) is 6.07 Å². The van der Waals surface area contributed by atoms with Crippen LogP contribution in [0, 0.1) is 5.82 Å². The molecule has 1 unspecified atom stereocenters.